The van der Waals surface area contributed by atoms with E-state index in [2.05, 4.69) is 30.4 Å². The predicted octanol–water partition coefficient (Wildman–Crippen LogP) is 1.29. The van der Waals surface area contributed by atoms with Crippen molar-refractivity contribution >= 4 is 8.80 Å². The van der Waals surface area contributed by atoms with Gasteiger partial charge in [0.1, 0.15) is 0 Å². The second-order valence-corrected chi connectivity index (χ2v) is 8.19. The van der Waals surface area contributed by atoms with Gasteiger partial charge < -0.3 is 23.5 Å². The molecule has 0 saturated heterocycles. The second kappa shape index (κ2) is 9.61. The number of H-pyrrole nitrogens is 2. The van der Waals surface area contributed by atoms with E-state index < -0.39 is 14.7 Å². The topological polar surface area (TPSA) is 151 Å². The molecule has 0 unspecified atom stereocenters. The summed E-state index contributed by atoms with van der Waals surface area (Å²) in [6.45, 7) is 7.28. The van der Waals surface area contributed by atoms with Crippen LogP contribution in [0.4, 0.5) is 0 Å². The third-order valence-electron chi connectivity index (χ3n) is 3.67. The molecule has 2 aromatic heterocycles. The molecule has 2 aromatic rings. The molecule has 0 radical (unpaired) electrons. The maximum absolute atomic E-state index is 9.44. The van der Waals surface area contributed by atoms with Crippen LogP contribution < -0.4 is 0 Å². The van der Waals surface area contributed by atoms with Crippen molar-refractivity contribution in [1.29, 1.82) is 0 Å². The van der Waals surface area contributed by atoms with Crippen molar-refractivity contribution < 1.29 is 23.5 Å². The molecule has 0 fully saturated rings. The number of aromatic amines is 2. The molecule has 0 aromatic carbocycles. The van der Waals surface area contributed by atoms with Crippen molar-refractivity contribution in [1.82, 2.24) is 30.4 Å². The van der Waals surface area contributed by atoms with Gasteiger partial charge in [0, 0.05) is 25.9 Å². The van der Waals surface area contributed by atoms with E-state index in [-0.39, 0.29) is 12.0 Å². The van der Waals surface area contributed by atoms with Gasteiger partial charge in [-0.3, -0.25) is 0 Å². The first kappa shape index (κ1) is 20.3. The number of hydrogen-bond donors (Lipinski definition) is 4. The molecule has 26 heavy (non-hydrogen) atoms. The minimum atomic E-state index is -2.75. The van der Waals surface area contributed by atoms with Crippen molar-refractivity contribution in [2.75, 3.05) is 19.8 Å². The molecule has 0 aliphatic heterocycles. The number of nitrogens with one attached hydrogen (secondary N) is 2. The van der Waals surface area contributed by atoms with Crippen LogP contribution in [0.2, 0.25) is 6.04 Å². The fourth-order valence-electron chi connectivity index (χ4n) is 2.74. The van der Waals surface area contributed by atoms with Crippen LogP contribution in [0.5, 0.6) is 12.0 Å². The molecule has 0 aliphatic carbocycles. The molecule has 12 heteroatoms. The van der Waals surface area contributed by atoms with Gasteiger partial charge in [0.2, 0.25) is 0 Å². The maximum Gasteiger partial charge on any atom is 0.500 e. The van der Waals surface area contributed by atoms with E-state index in [0.717, 1.165) is 0 Å². The van der Waals surface area contributed by atoms with Crippen molar-refractivity contribution in [3.8, 4) is 12.0 Å². The largest absolute Gasteiger partial charge is 0.500 e. The summed E-state index contributed by atoms with van der Waals surface area (Å²) in [6.07, 6.45) is 1.25. The van der Waals surface area contributed by atoms with Crippen LogP contribution >= 0.6 is 0 Å². The van der Waals surface area contributed by atoms with Gasteiger partial charge in [-0.1, -0.05) is 0 Å². The highest BCUT2D eigenvalue weighted by Crippen LogP contribution is 2.29. The highest BCUT2D eigenvalue weighted by molar-refractivity contribution is 6.60. The smallest absolute Gasteiger partial charge is 0.479 e. The van der Waals surface area contributed by atoms with Gasteiger partial charge in [0.05, 0.1) is 5.92 Å². The first-order valence-corrected chi connectivity index (χ1v) is 10.6. The van der Waals surface area contributed by atoms with E-state index >= 15 is 0 Å². The van der Waals surface area contributed by atoms with Gasteiger partial charge in [-0.25, -0.2) is 10.2 Å². The number of aromatic nitrogens is 6. The Labute approximate surface area is 152 Å². The fourth-order valence-corrected chi connectivity index (χ4v) is 5.38. The quantitative estimate of drug-likeness (QED) is 0.395. The second-order valence-electron chi connectivity index (χ2n) is 5.46. The highest BCUT2D eigenvalue weighted by atomic mass is 28.4. The van der Waals surface area contributed by atoms with Crippen LogP contribution in [-0.2, 0) is 13.3 Å². The molecule has 0 spiro atoms. The summed E-state index contributed by atoms with van der Waals surface area (Å²) < 4.78 is 17.6. The Balaban J connectivity index is 2.10. The van der Waals surface area contributed by atoms with Gasteiger partial charge in [-0.05, 0) is 33.6 Å². The summed E-state index contributed by atoms with van der Waals surface area (Å²) in [4.78, 5) is 7.90. The Bertz CT molecular complexity index is 609. The van der Waals surface area contributed by atoms with Crippen LogP contribution in [0.25, 0.3) is 0 Å². The zero-order valence-corrected chi connectivity index (χ0v) is 16.2. The molecule has 0 aliphatic rings. The van der Waals surface area contributed by atoms with Crippen LogP contribution in [0.1, 0.15) is 51.2 Å². The fraction of sp³-hybridized carbons (Fsp3) is 0.714. The summed E-state index contributed by atoms with van der Waals surface area (Å²) in [5.41, 5.74) is 0. The minimum Gasteiger partial charge on any atom is -0.479 e. The van der Waals surface area contributed by atoms with Crippen LogP contribution in [0, 0.1) is 0 Å². The number of aromatic hydroxyl groups is 2. The Morgan fingerprint density at radius 1 is 0.885 bits per heavy atom. The molecule has 146 valence electrons. The molecule has 0 atom stereocenters. The van der Waals surface area contributed by atoms with Crippen molar-refractivity contribution in [2.45, 2.75) is 45.6 Å². The van der Waals surface area contributed by atoms with Crippen molar-refractivity contribution in [2.24, 2.45) is 0 Å². The first-order chi connectivity index (χ1) is 12.5. The van der Waals surface area contributed by atoms with E-state index in [4.69, 9.17) is 13.3 Å². The van der Waals surface area contributed by atoms with Crippen molar-refractivity contribution in [3.63, 3.8) is 0 Å². The maximum atomic E-state index is 9.44. The number of hydrogen-bond acceptors (Lipinski definition) is 9. The van der Waals surface area contributed by atoms with E-state index in [1.165, 1.54) is 0 Å². The summed E-state index contributed by atoms with van der Waals surface area (Å²) in [5.74, 6) is 0.289. The van der Waals surface area contributed by atoms with Crippen LogP contribution in [0.15, 0.2) is 0 Å². The molecule has 0 saturated carbocycles. The zero-order valence-electron chi connectivity index (χ0n) is 15.2. The summed E-state index contributed by atoms with van der Waals surface area (Å²) >= 11 is 0. The van der Waals surface area contributed by atoms with Gasteiger partial charge in [0.15, 0.2) is 11.6 Å². The lowest BCUT2D eigenvalue weighted by Crippen LogP contribution is -2.45. The van der Waals surface area contributed by atoms with E-state index in [1.807, 2.05) is 20.8 Å². The zero-order chi connectivity index (χ0) is 19.0. The standard InChI is InChI=1S/C14H26N6O5Si/c1-4-23-26(24-5-2,25-6-3)9-7-8-10(11-15-13(21)19-17-11)12-16-14(22)20-18-12/h10H,4-9H2,1-3H3,(H2,15,17,19,21)(H2,16,18,20,22). The van der Waals surface area contributed by atoms with Crippen LogP contribution in [-0.4, -0.2) is 69.2 Å². The third-order valence-corrected chi connectivity index (χ3v) is 6.83. The Kier molecular flexibility index (Phi) is 7.50. The Morgan fingerprint density at radius 3 is 1.69 bits per heavy atom. The summed E-state index contributed by atoms with van der Waals surface area (Å²) in [5, 5.41) is 31.6. The average Bonchev–Trinajstić information content (AvgIpc) is 3.21. The van der Waals surface area contributed by atoms with Crippen molar-refractivity contribution in [3.05, 3.63) is 11.6 Å². The van der Waals surface area contributed by atoms with E-state index in [9.17, 15) is 10.2 Å². The van der Waals surface area contributed by atoms with Gasteiger partial charge in [0.25, 0.3) is 0 Å². The molecule has 2 rings (SSSR count). The normalized spacial score (nSPS) is 12.2. The molecule has 11 nitrogen and oxygen atoms in total. The average molecular weight is 386 g/mol. The Hall–Kier alpha value is -2.02. The molecule has 0 amide bonds. The van der Waals surface area contributed by atoms with E-state index in [1.54, 1.807) is 0 Å². The predicted molar refractivity (Wildman–Crippen MR) is 92.6 cm³/mol. The van der Waals surface area contributed by atoms with Gasteiger partial charge >= 0.3 is 20.8 Å². The monoisotopic (exact) mass is 386 g/mol. The van der Waals surface area contributed by atoms with Crippen LogP contribution in [0.3, 0.4) is 0 Å². The third kappa shape index (κ3) is 5.24. The highest BCUT2D eigenvalue weighted by Gasteiger charge is 2.40. The lowest BCUT2D eigenvalue weighted by Gasteiger charge is -2.28. The summed E-state index contributed by atoms with van der Waals surface area (Å²) in [7, 11) is -2.75. The molecular formula is C14H26N6O5Si. The molecular weight excluding hydrogens is 360 g/mol. The number of rotatable bonds is 12. The molecule has 4 N–H and O–H groups in total. The first-order valence-electron chi connectivity index (χ1n) is 8.67. The number of nitrogens with zero attached hydrogens (tertiary/aromatic N) is 4. The molecule has 2 heterocycles. The van der Waals surface area contributed by atoms with Gasteiger partial charge in [-0.15, -0.1) is 0 Å². The lowest BCUT2D eigenvalue weighted by atomic mass is 10.0. The molecule has 0 bridgehead atoms. The lowest BCUT2D eigenvalue weighted by molar-refractivity contribution is 0.0706. The van der Waals surface area contributed by atoms with Gasteiger partial charge in [-0.2, -0.15) is 20.2 Å². The SMILES string of the molecule is CCO[Si](CCCC(c1n[nH]c(O)n1)c1n[nH]c(O)n1)(OCC)OCC. The summed E-state index contributed by atoms with van der Waals surface area (Å²) in [6, 6.07) is 0.0455. The minimum absolute atomic E-state index is 0.286. The van der Waals surface area contributed by atoms with E-state index in [0.29, 0.717) is 50.4 Å². The Morgan fingerprint density at radius 2 is 1.35 bits per heavy atom.